The molecule has 5 nitrogen and oxygen atoms in total. The molecule has 2 aliphatic rings. The molecule has 0 aliphatic heterocycles. The van der Waals surface area contributed by atoms with Crippen LogP contribution in [0.3, 0.4) is 0 Å². The van der Waals surface area contributed by atoms with Crippen molar-refractivity contribution >= 4 is 11.9 Å². The Labute approximate surface area is 136 Å². The highest BCUT2D eigenvalue weighted by Gasteiger charge is 2.43. The number of hydrogen-bond donors (Lipinski definition) is 1. The molecule has 1 N–H and O–H groups in total. The number of fused-ring (bicyclic) bond motifs is 1. The maximum Gasteiger partial charge on any atom is 0.337 e. The molecule has 3 rings (SSSR count). The van der Waals surface area contributed by atoms with Crippen molar-refractivity contribution in [3.05, 3.63) is 35.4 Å². The van der Waals surface area contributed by atoms with Crippen LogP contribution in [0.4, 0.5) is 0 Å². The quantitative estimate of drug-likeness (QED) is 0.867. The zero-order valence-electron chi connectivity index (χ0n) is 13.6. The van der Waals surface area contributed by atoms with Gasteiger partial charge in [0.15, 0.2) is 0 Å². The molecule has 0 spiro atoms. The summed E-state index contributed by atoms with van der Waals surface area (Å²) in [7, 11) is 3.16. The summed E-state index contributed by atoms with van der Waals surface area (Å²) in [6.45, 7) is 0. The number of carbonyl (C=O) groups is 2. The number of esters is 1. The Morgan fingerprint density at radius 2 is 1.74 bits per heavy atom. The Bertz CT molecular complexity index is 601. The Hall–Kier alpha value is -1.88. The first-order chi connectivity index (χ1) is 11.0. The fourth-order valence-corrected chi connectivity index (χ4v) is 4.14. The predicted molar refractivity (Wildman–Crippen MR) is 85.1 cm³/mol. The van der Waals surface area contributed by atoms with Crippen LogP contribution in [0.2, 0.25) is 0 Å². The Balaban J connectivity index is 1.70. The number of ether oxygens (including phenoxy) is 1. The van der Waals surface area contributed by atoms with Crippen molar-refractivity contribution in [2.75, 3.05) is 14.2 Å². The monoisotopic (exact) mass is 317 g/mol. The van der Waals surface area contributed by atoms with Crippen molar-refractivity contribution in [3.8, 4) is 0 Å². The van der Waals surface area contributed by atoms with E-state index in [9.17, 15) is 14.7 Å². The molecule has 0 heterocycles. The standard InChI is InChI=1S/C18H23NO4/c1-19(15-7-13-9-16(20)10-14(13)8-15)17(21)11-4-3-5-12(6-11)18(22)23-2/h3-6,13-16,20H,7-10H2,1-2H3/t13-,14+,15?,16?. The van der Waals surface area contributed by atoms with Gasteiger partial charge in [-0.05, 0) is 55.7 Å². The molecule has 2 aliphatic carbocycles. The zero-order valence-corrected chi connectivity index (χ0v) is 13.6. The first-order valence-electron chi connectivity index (χ1n) is 8.13. The molecular formula is C18H23NO4. The molecular weight excluding hydrogens is 294 g/mol. The summed E-state index contributed by atoms with van der Waals surface area (Å²) in [5, 5.41) is 9.73. The molecule has 0 aromatic heterocycles. The van der Waals surface area contributed by atoms with Gasteiger partial charge in [0.1, 0.15) is 0 Å². The topological polar surface area (TPSA) is 66.8 Å². The molecule has 1 aromatic carbocycles. The van der Waals surface area contributed by atoms with Gasteiger partial charge in [-0.15, -0.1) is 0 Å². The zero-order chi connectivity index (χ0) is 16.6. The van der Waals surface area contributed by atoms with E-state index in [-0.39, 0.29) is 18.1 Å². The lowest BCUT2D eigenvalue weighted by molar-refractivity contribution is 0.0600. The van der Waals surface area contributed by atoms with Gasteiger partial charge < -0.3 is 14.7 Å². The molecule has 124 valence electrons. The Kier molecular flexibility index (Phi) is 4.39. The van der Waals surface area contributed by atoms with E-state index in [4.69, 9.17) is 4.74 Å². The largest absolute Gasteiger partial charge is 0.465 e. The Morgan fingerprint density at radius 3 is 2.35 bits per heavy atom. The van der Waals surface area contributed by atoms with Crippen molar-refractivity contribution in [1.82, 2.24) is 4.90 Å². The smallest absolute Gasteiger partial charge is 0.337 e. The minimum Gasteiger partial charge on any atom is -0.465 e. The molecule has 1 aromatic rings. The van der Waals surface area contributed by atoms with Gasteiger partial charge in [0.25, 0.3) is 5.91 Å². The highest BCUT2D eigenvalue weighted by Crippen LogP contribution is 2.45. The number of methoxy groups -OCH3 is 1. The van der Waals surface area contributed by atoms with E-state index in [0.717, 1.165) is 25.7 Å². The second-order valence-electron chi connectivity index (χ2n) is 6.76. The van der Waals surface area contributed by atoms with Crippen LogP contribution in [-0.4, -0.2) is 48.2 Å². The summed E-state index contributed by atoms with van der Waals surface area (Å²) < 4.78 is 4.70. The fraction of sp³-hybridized carbons (Fsp3) is 0.556. The van der Waals surface area contributed by atoms with E-state index in [1.165, 1.54) is 7.11 Å². The molecule has 0 saturated heterocycles. The van der Waals surface area contributed by atoms with Crippen LogP contribution in [-0.2, 0) is 4.74 Å². The fourth-order valence-electron chi connectivity index (χ4n) is 4.14. The third-order valence-electron chi connectivity index (χ3n) is 5.36. The maximum absolute atomic E-state index is 12.7. The van der Waals surface area contributed by atoms with Crippen molar-refractivity contribution in [2.45, 2.75) is 37.8 Å². The molecule has 23 heavy (non-hydrogen) atoms. The summed E-state index contributed by atoms with van der Waals surface area (Å²) in [4.78, 5) is 26.1. The summed E-state index contributed by atoms with van der Waals surface area (Å²) in [5.74, 6) is 0.561. The normalized spacial score (nSPS) is 29.2. The lowest BCUT2D eigenvalue weighted by Crippen LogP contribution is -2.36. The van der Waals surface area contributed by atoms with Crippen molar-refractivity contribution < 1.29 is 19.4 Å². The number of aliphatic hydroxyl groups is 1. The summed E-state index contributed by atoms with van der Waals surface area (Å²) in [6, 6.07) is 6.87. The van der Waals surface area contributed by atoms with Gasteiger partial charge >= 0.3 is 5.97 Å². The number of amides is 1. The molecule has 1 amide bonds. The van der Waals surface area contributed by atoms with Crippen molar-refractivity contribution in [2.24, 2.45) is 11.8 Å². The van der Waals surface area contributed by atoms with E-state index in [1.807, 2.05) is 7.05 Å². The number of rotatable bonds is 3. The van der Waals surface area contributed by atoms with Gasteiger partial charge in [0.05, 0.1) is 18.8 Å². The summed E-state index contributed by atoms with van der Waals surface area (Å²) in [6.07, 6.45) is 3.48. The van der Waals surface area contributed by atoms with Crippen LogP contribution >= 0.6 is 0 Å². The number of nitrogens with zero attached hydrogens (tertiary/aromatic N) is 1. The van der Waals surface area contributed by atoms with Gasteiger partial charge in [-0.1, -0.05) is 6.07 Å². The van der Waals surface area contributed by atoms with E-state index < -0.39 is 5.97 Å². The molecule has 4 atom stereocenters. The molecule has 2 fully saturated rings. The average Bonchev–Trinajstić information content (AvgIpc) is 3.10. The van der Waals surface area contributed by atoms with Crippen LogP contribution in [0.15, 0.2) is 24.3 Å². The third-order valence-corrected chi connectivity index (χ3v) is 5.36. The first-order valence-corrected chi connectivity index (χ1v) is 8.13. The SMILES string of the molecule is COC(=O)c1cccc(C(=O)N(C)C2C[C@H]3CC(O)C[C@H]3C2)c1. The van der Waals surface area contributed by atoms with E-state index >= 15 is 0 Å². The number of hydrogen-bond acceptors (Lipinski definition) is 4. The summed E-state index contributed by atoms with van der Waals surface area (Å²) >= 11 is 0. The third kappa shape index (κ3) is 3.11. The number of aliphatic hydroxyl groups excluding tert-OH is 1. The van der Waals surface area contributed by atoms with Gasteiger partial charge in [0.2, 0.25) is 0 Å². The minimum atomic E-state index is -0.438. The van der Waals surface area contributed by atoms with Crippen molar-refractivity contribution in [1.29, 1.82) is 0 Å². The first kappa shape index (κ1) is 16.0. The van der Waals surface area contributed by atoms with E-state index in [0.29, 0.717) is 23.0 Å². The van der Waals surface area contributed by atoms with Crippen LogP contribution < -0.4 is 0 Å². The number of carbonyl (C=O) groups excluding carboxylic acids is 2. The second kappa shape index (κ2) is 6.32. The molecule has 0 bridgehead atoms. The van der Waals surface area contributed by atoms with Crippen LogP contribution in [0.5, 0.6) is 0 Å². The van der Waals surface area contributed by atoms with Gasteiger partial charge in [-0.25, -0.2) is 4.79 Å². The van der Waals surface area contributed by atoms with Crippen LogP contribution in [0.25, 0.3) is 0 Å². The lowest BCUT2D eigenvalue weighted by Gasteiger charge is -2.26. The minimum absolute atomic E-state index is 0.0683. The molecule has 2 saturated carbocycles. The van der Waals surface area contributed by atoms with E-state index in [2.05, 4.69) is 0 Å². The highest BCUT2D eigenvalue weighted by molar-refractivity contribution is 5.97. The number of benzene rings is 1. The van der Waals surface area contributed by atoms with E-state index in [1.54, 1.807) is 29.2 Å². The molecule has 2 unspecified atom stereocenters. The van der Waals surface area contributed by atoms with Crippen LogP contribution in [0, 0.1) is 11.8 Å². The maximum atomic E-state index is 12.7. The van der Waals surface area contributed by atoms with Crippen LogP contribution in [0.1, 0.15) is 46.4 Å². The summed E-state index contributed by atoms with van der Waals surface area (Å²) in [5.41, 5.74) is 0.894. The lowest BCUT2D eigenvalue weighted by atomic mass is 10.0. The van der Waals surface area contributed by atoms with Crippen molar-refractivity contribution in [3.63, 3.8) is 0 Å². The van der Waals surface area contributed by atoms with Gasteiger partial charge in [-0.3, -0.25) is 4.79 Å². The Morgan fingerprint density at radius 1 is 1.13 bits per heavy atom. The second-order valence-corrected chi connectivity index (χ2v) is 6.76. The molecule has 0 radical (unpaired) electrons. The van der Waals surface area contributed by atoms with Gasteiger partial charge in [0, 0.05) is 18.7 Å². The predicted octanol–water partition coefficient (Wildman–Crippen LogP) is 2.09. The average molecular weight is 317 g/mol. The highest BCUT2D eigenvalue weighted by atomic mass is 16.5. The van der Waals surface area contributed by atoms with Gasteiger partial charge in [-0.2, -0.15) is 0 Å². The molecule has 5 heteroatoms.